The Morgan fingerprint density at radius 2 is 2.24 bits per heavy atom. The number of hydrogen-bond acceptors (Lipinski definition) is 4. The van der Waals surface area contributed by atoms with Crippen molar-refractivity contribution in [2.75, 3.05) is 13.2 Å². The first-order valence-corrected chi connectivity index (χ1v) is 6.27. The monoisotopic (exact) mass is 235 g/mol. The third-order valence-electron chi connectivity index (χ3n) is 3.38. The maximum Gasteiger partial charge on any atom is 0.0634 e. The van der Waals surface area contributed by atoms with Gasteiger partial charge in [0.1, 0.15) is 0 Å². The van der Waals surface area contributed by atoms with Crippen LogP contribution in [-0.2, 0) is 4.74 Å². The van der Waals surface area contributed by atoms with Crippen molar-refractivity contribution in [3.8, 4) is 0 Å². The van der Waals surface area contributed by atoms with Crippen LogP contribution >= 0.6 is 0 Å². The van der Waals surface area contributed by atoms with Crippen LogP contribution in [-0.4, -0.2) is 18.2 Å². The minimum absolute atomic E-state index is 0.151. The Balaban J connectivity index is 2.00. The molecule has 1 saturated heterocycles. The highest BCUT2D eigenvalue weighted by atomic mass is 16.5. The van der Waals surface area contributed by atoms with Crippen LogP contribution in [0.1, 0.15) is 36.7 Å². The van der Waals surface area contributed by atoms with E-state index < -0.39 is 0 Å². The van der Waals surface area contributed by atoms with Gasteiger partial charge in [-0.15, -0.1) is 0 Å². The molecule has 0 radical (unpaired) electrons. The lowest BCUT2D eigenvalue weighted by atomic mass is 9.91. The van der Waals surface area contributed by atoms with E-state index in [1.807, 2.05) is 25.1 Å². The van der Waals surface area contributed by atoms with Gasteiger partial charge in [-0.3, -0.25) is 16.3 Å². The van der Waals surface area contributed by atoms with Gasteiger partial charge in [0, 0.05) is 18.9 Å². The maximum absolute atomic E-state index is 5.65. The van der Waals surface area contributed by atoms with Crippen molar-refractivity contribution in [1.29, 1.82) is 0 Å². The van der Waals surface area contributed by atoms with E-state index in [1.54, 1.807) is 0 Å². The molecule has 1 aromatic heterocycles. The highest BCUT2D eigenvalue weighted by Gasteiger charge is 2.20. The molecule has 1 aromatic rings. The van der Waals surface area contributed by atoms with E-state index in [2.05, 4.69) is 10.4 Å². The fourth-order valence-electron chi connectivity index (χ4n) is 2.35. The van der Waals surface area contributed by atoms with Gasteiger partial charge in [-0.2, -0.15) is 0 Å². The van der Waals surface area contributed by atoms with Gasteiger partial charge in [0.15, 0.2) is 0 Å². The normalized spacial score (nSPS) is 19.2. The van der Waals surface area contributed by atoms with Crippen LogP contribution in [0.25, 0.3) is 0 Å². The quantitative estimate of drug-likeness (QED) is 0.616. The van der Waals surface area contributed by atoms with Crippen LogP contribution in [0.5, 0.6) is 0 Å². The predicted molar refractivity (Wildman–Crippen MR) is 67.2 cm³/mol. The number of hydrazine groups is 1. The van der Waals surface area contributed by atoms with Gasteiger partial charge in [-0.1, -0.05) is 6.07 Å². The summed E-state index contributed by atoms with van der Waals surface area (Å²) in [6.07, 6.45) is 3.30. The number of pyridine rings is 1. The lowest BCUT2D eigenvalue weighted by Gasteiger charge is -2.26. The highest BCUT2D eigenvalue weighted by molar-refractivity contribution is 5.13. The summed E-state index contributed by atoms with van der Waals surface area (Å²) in [7, 11) is 0. The smallest absolute Gasteiger partial charge is 0.0634 e. The zero-order valence-corrected chi connectivity index (χ0v) is 10.4. The van der Waals surface area contributed by atoms with Gasteiger partial charge in [-0.25, -0.2) is 0 Å². The molecule has 0 spiro atoms. The first kappa shape index (κ1) is 12.5. The van der Waals surface area contributed by atoms with Crippen molar-refractivity contribution in [3.63, 3.8) is 0 Å². The second-order valence-electron chi connectivity index (χ2n) is 4.71. The molecule has 94 valence electrons. The molecule has 1 unspecified atom stereocenters. The highest BCUT2D eigenvalue weighted by Crippen LogP contribution is 2.26. The molecule has 4 nitrogen and oxygen atoms in total. The van der Waals surface area contributed by atoms with Crippen LogP contribution in [0, 0.1) is 12.8 Å². The number of nitrogens with one attached hydrogen (secondary N) is 1. The van der Waals surface area contributed by atoms with Crippen LogP contribution in [0.4, 0.5) is 0 Å². The third-order valence-corrected chi connectivity index (χ3v) is 3.38. The molecule has 1 fully saturated rings. The Morgan fingerprint density at radius 1 is 1.47 bits per heavy atom. The number of nitrogens with zero attached hydrogens (tertiary/aromatic N) is 1. The number of rotatable bonds is 4. The summed E-state index contributed by atoms with van der Waals surface area (Å²) in [5.41, 5.74) is 4.97. The van der Waals surface area contributed by atoms with E-state index in [0.717, 1.165) is 43.9 Å². The second kappa shape index (κ2) is 6.10. The molecule has 2 rings (SSSR count). The third kappa shape index (κ3) is 3.49. The summed E-state index contributed by atoms with van der Waals surface area (Å²) >= 11 is 0. The van der Waals surface area contributed by atoms with E-state index in [-0.39, 0.29) is 6.04 Å². The molecule has 0 aliphatic carbocycles. The molecule has 0 amide bonds. The second-order valence-corrected chi connectivity index (χ2v) is 4.71. The summed E-state index contributed by atoms with van der Waals surface area (Å²) < 4.78 is 5.37. The molecule has 2 heterocycles. The van der Waals surface area contributed by atoms with E-state index in [9.17, 15) is 0 Å². The average molecular weight is 235 g/mol. The van der Waals surface area contributed by atoms with Crippen LogP contribution in [0.2, 0.25) is 0 Å². The summed E-state index contributed by atoms with van der Waals surface area (Å²) in [4.78, 5) is 4.54. The molecule has 0 aromatic carbocycles. The number of nitrogens with two attached hydrogens (primary N) is 1. The average Bonchev–Trinajstić information content (AvgIpc) is 2.37. The van der Waals surface area contributed by atoms with E-state index in [1.165, 1.54) is 0 Å². The fourth-order valence-corrected chi connectivity index (χ4v) is 2.35. The fraction of sp³-hybridized carbons (Fsp3) is 0.615. The van der Waals surface area contributed by atoms with Crippen molar-refractivity contribution in [1.82, 2.24) is 10.4 Å². The minimum atomic E-state index is 0.151. The van der Waals surface area contributed by atoms with Gasteiger partial charge in [0.05, 0.1) is 11.7 Å². The number of aryl methyl sites for hydroxylation is 1. The Morgan fingerprint density at radius 3 is 2.88 bits per heavy atom. The SMILES string of the molecule is Cc1cccc(C(CC2CCOCC2)NN)n1. The molecule has 1 aliphatic heterocycles. The number of hydrogen-bond donors (Lipinski definition) is 2. The van der Waals surface area contributed by atoms with Gasteiger partial charge in [-0.05, 0) is 44.2 Å². The summed E-state index contributed by atoms with van der Waals surface area (Å²) in [5, 5.41) is 0. The molecule has 1 aliphatic rings. The molecular weight excluding hydrogens is 214 g/mol. The molecule has 3 N–H and O–H groups in total. The predicted octanol–water partition coefficient (Wildman–Crippen LogP) is 1.71. The molecule has 0 saturated carbocycles. The molecule has 4 heteroatoms. The maximum atomic E-state index is 5.65. The van der Waals surface area contributed by atoms with Crippen molar-refractivity contribution >= 4 is 0 Å². The Bertz CT molecular complexity index is 350. The standard InChI is InChI=1S/C13H21N3O/c1-10-3-2-4-12(15-10)13(16-14)9-11-5-7-17-8-6-11/h2-4,11,13,16H,5-9,14H2,1H3. The minimum Gasteiger partial charge on any atom is -0.381 e. The lowest BCUT2D eigenvalue weighted by molar-refractivity contribution is 0.0603. The van der Waals surface area contributed by atoms with E-state index >= 15 is 0 Å². The molecule has 1 atom stereocenters. The van der Waals surface area contributed by atoms with E-state index in [4.69, 9.17) is 10.6 Å². The van der Waals surface area contributed by atoms with Crippen molar-refractivity contribution < 1.29 is 4.74 Å². The van der Waals surface area contributed by atoms with Gasteiger partial charge >= 0.3 is 0 Å². The molecule has 0 bridgehead atoms. The van der Waals surface area contributed by atoms with Crippen LogP contribution in [0.3, 0.4) is 0 Å². The first-order chi connectivity index (χ1) is 8.29. The van der Waals surface area contributed by atoms with E-state index in [0.29, 0.717) is 5.92 Å². The number of ether oxygens (including phenoxy) is 1. The molecule has 17 heavy (non-hydrogen) atoms. The van der Waals surface area contributed by atoms with Crippen LogP contribution in [0.15, 0.2) is 18.2 Å². The zero-order chi connectivity index (χ0) is 12.1. The van der Waals surface area contributed by atoms with Crippen molar-refractivity contribution in [2.45, 2.75) is 32.2 Å². The Hall–Kier alpha value is -0.970. The number of aromatic nitrogens is 1. The van der Waals surface area contributed by atoms with Gasteiger partial charge < -0.3 is 4.74 Å². The summed E-state index contributed by atoms with van der Waals surface area (Å²) in [5.74, 6) is 6.34. The van der Waals surface area contributed by atoms with Crippen molar-refractivity contribution in [3.05, 3.63) is 29.6 Å². The lowest BCUT2D eigenvalue weighted by Crippen LogP contribution is -2.31. The summed E-state index contributed by atoms with van der Waals surface area (Å²) in [6.45, 7) is 3.76. The summed E-state index contributed by atoms with van der Waals surface area (Å²) in [6, 6.07) is 6.23. The van der Waals surface area contributed by atoms with Gasteiger partial charge in [0.2, 0.25) is 0 Å². The molecular formula is C13H21N3O. The zero-order valence-electron chi connectivity index (χ0n) is 10.4. The Labute approximate surface area is 103 Å². The van der Waals surface area contributed by atoms with Crippen LogP contribution < -0.4 is 11.3 Å². The topological polar surface area (TPSA) is 60.2 Å². The van der Waals surface area contributed by atoms with Crippen molar-refractivity contribution in [2.24, 2.45) is 11.8 Å². The van der Waals surface area contributed by atoms with Gasteiger partial charge in [0.25, 0.3) is 0 Å². The Kier molecular flexibility index (Phi) is 4.48. The largest absolute Gasteiger partial charge is 0.381 e. The first-order valence-electron chi connectivity index (χ1n) is 6.27.